The van der Waals surface area contributed by atoms with Crippen molar-refractivity contribution in [2.45, 2.75) is 33.3 Å². The van der Waals surface area contributed by atoms with Gasteiger partial charge in [0.25, 0.3) is 5.91 Å². The van der Waals surface area contributed by atoms with E-state index in [-0.39, 0.29) is 18.8 Å². The first-order valence-corrected chi connectivity index (χ1v) is 9.36. The Balaban J connectivity index is 1.80. The average Bonchev–Trinajstić information content (AvgIpc) is 2.69. The predicted molar refractivity (Wildman–Crippen MR) is 108 cm³/mol. The number of benzene rings is 2. The van der Waals surface area contributed by atoms with Crippen LogP contribution < -0.4 is 14.8 Å². The molecule has 0 fully saturated rings. The number of para-hydroxylation sites is 2. The van der Waals surface area contributed by atoms with Crippen molar-refractivity contribution in [3.63, 3.8) is 0 Å². The first-order valence-electron chi connectivity index (χ1n) is 9.36. The highest BCUT2D eigenvalue weighted by molar-refractivity contribution is 5.98. The number of carbonyl (C=O) groups excluding carboxylic acids is 3. The summed E-state index contributed by atoms with van der Waals surface area (Å²) in [6, 6.07) is 13.7. The molecular weight excluding hydrogens is 374 g/mol. The van der Waals surface area contributed by atoms with E-state index < -0.39 is 18.0 Å². The topological polar surface area (TPSA) is 90.9 Å². The lowest BCUT2D eigenvalue weighted by atomic mass is 10.1. The second kappa shape index (κ2) is 10.8. The summed E-state index contributed by atoms with van der Waals surface area (Å²) >= 11 is 0. The van der Waals surface area contributed by atoms with E-state index in [2.05, 4.69) is 5.32 Å². The van der Waals surface area contributed by atoms with Gasteiger partial charge in [-0.15, -0.1) is 0 Å². The Kier molecular flexibility index (Phi) is 8.21. The van der Waals surface area contributed by atoms with Crippen LogP contribution in [0.5, 0.6) is 11.5 Å². The van der Waals surface area contributed by atoms with Gasteiger partial charge in [-0.05, 0) is 45.0 Å². The van der Waals surface area contributed by atoms with Gasteiger partial charge in [0.05, 0.1) is 19.6 Å². The van der Waals surface area contributed by atoms with Crippen LogP contribution in [0.1, 0.15) is 37.6 Å². The molecule has 154 valence electrons. The Labute approximate surface area is 170 Å². The Morgan fingerprint density at radius 3 is 2.34 bits per heavy atom. The molecule has 0 aliphatic rings. The van der Waals surface area contributed by atoms with Gasteiger partial charge in [0.2, 0.25) is 0 Å². The molecule has 1 amide bonds. The Hall–Kier alpha value is -3.35. The van der Waals surface area contributed by atoms with Crippen LogP contribution in [0.25, 0.3) is 0 Å². The van der Waals surface area contributed by atoms with Gasteiger partial charge in [0.15, 0.2) is 23.4 Å². The lowest BCUT2D eigenvalue weighted by Crippen LogP contribution is -2.30. The number of carbonyl (C=O) groups is 3. The smallest absolute Gasteiger partial charge is 0.310 e. The van der Waals surface area contributed by atoms with E-state index in [9.17, 15) is 14.4 Å². The van der Waals surface area contributed by atoms with Gasteiger partial charge in [-0.2, -0.15) is 0 Å². The zero-order valence-corrected chi connectivity index (χ0v) is 16.8. The molecule has 1 atom stereocenters. The largest absolute Gasteiger partial charge is 0.490 e. The second-order valence-corrected chi connectivity index (χ2v) is 6.24. The highest BCUT2D eigenvalue weighted by Gasteiger charge is 2.18. The summed E-state index contributed by atoms with van der Waals surface area (Å²) in [7, 11) is 0. The van der Waals surface area contributed by atoms with Gasteiger partial charge in [-0.3, -0.25) is 14.4 Å². The van der Waals surface area contributed by atoms with E-state index >= 15 is 0 Å². The first kappa shape index (κ1) is 21.9. The van der Waals surface area contributed by atoms with Crippen LogP contribution in [-0.4, -0.2) is 37.0 Å². The molecule has 0 radical (unpaired) electrons. The van der Waals surface area contributed by atoms with Crippen molar-refractivity contribution in [1.29, 1.82) is 0 Å². The van der Waals surface area contributed by atoms with Crippen LogP contribution in [0.2, 0.25) is 0 Å². The Bertz CT molecular complexity index is 864. The van der Waals surface area contributed by atoms with Gasteiger partial charge in [0, 0.05) is 11.3 Å². The zero-order valence-electron chi connectivity index (χ0n) is 16.8. The summed E-state index contributed by atoms with van der Waals surface area (Å²) in [6.45, 7) is 5.40. The fourth-order valence-corrected chi connectivity index (χ4v) is 2.46. The van der Waals surface area contributed by atoms with Gasteiger partial charge < -0.3 is 19.5 Å². The number of nitrogens with one attached hydrogen (secondary N) is 1. The minimum absolute atomic E-state index is 0.0160. The van der Waals surface area contributed by atoms with Crippen LogP contribution in [-0.2, 0) is 14.3 Å². The molecule has 2 rings (SSSR count). The molecule has 0 aromatic heterocycles. The normalized spacial score (nSPS) is 11.3. The van der Waals surface area contributed by atoms with Crippen molar-refractivity contribution < 1.29 is 28.6 Å². The molecule has 2 aromatic rings. The molecule has 2 aromatic carbocycles. The minimum Gasteiger partial charge on any atom is -0.490 e. The molecular formula is C22H25NO6. The predicted octanol–water partition coefficient (Wildman–Crippen LogP) is 3.63. The van der Waals surface area contributed by atoms with Crippen molar-refractivity contribution in [3.05, 3.63) is 54.1 Å². The summed E-state index contributed by atoms with van der Waals surface area (Å²) in [6.07, 6.45) is -1.00. The third-order valence-corrected chi connectivity index (χ3v) is 3.93. The number of hydrogen-bond donors (Lipinski definition) is 1. The lowest BCUT2D eigenvalue weighted by Gasteiger charge is -2.15. The SMILES string of the molecule is CCOc1ccccc1OCCC(=O)O[C@H](C)C(=O)Nc1cccc(C(C)=O)c1. The molecule has 0 unspecified atom stereocenters. The molecule has 1 N–H and O–H groups in total. The lowest BCUT2D eigenvalue weighted by molar-refractivity contribution is -0.153. The summed E-state index contributed by atoms with van der Waals surface area (Å²) in [4.78, 5) is 35.6. The van der Waals surface area contributed by atoms with Crippen molar-refractivity contribution in [2.75, 3.05) is 18.5 Å². The van der Waals surface area contributed by atoms with Gasteiger partial charge in [-0.1, -0.05) is 24.3 Å². The van der Waals surface area contributed by atoms with Gasteiger partial charge in [0.1, 0.15) is 0 Å². The van der Waals surface area contributed by atoms with Crippen LogP contribution in [0, 0.1) is 0 Å². The fourth-order valence-electron chi connectivity index (χ4n) is 2.46. The highest BCUT2D eigenvalue weighted by atomic mass is 16.6. The van der Waals surface area contributed by atoms with Crippen LogP contribution in [0.3, 0.4) is 0 Å². The molecule has 0 aliphatic heterocycles. The molecule has 0 saturated carbocycles. The average molecular weight is 399 g/mol. The number of rotatable bonds is 10. The molecule has 0 spiro atoms. The summed E-state index contributed by atoms with van der Waals surface area (Å²) in [5, 5.41) is 2.63. The quantitative estimate of drug-likeness (QED) is 0.485. The molecule has 0 bridgehead atoms. The maximum atomic E-state index is 12.2. The molecule has 0 saturated heterocycles. The van der Waals surface area contributed by atoms with Gasteiger partial charge in [-0.25, -0.2) is 0 Å². The third-order valence-electron chi connectivity index (χ3n) is 3.93. The van der Waals surface area contributed by atoms with Crippen molar-refractivity contribution in [1.82, 2.24) is 0 Å². The molecule has 0 heterocycles. The zero-order chi connectivity index (χ0) is 21.2. The summed E-state index contributed by atoms with van der Waals surface area (Å²) < 4.78 is 16.2. The monoisotopic (exact) mass is 399 g/mol. The number of ether oxygens (including phenoxy) is 3. The van der Waals surface area contributed by atoms with E-state index in [1.807, 2.05) is 19.1 Å². The van der Waals surface area contributed by atoms with Crippen molar-refractivity contribution >= 4 is 23.3 Å². The maximum absolute atomic E-state index is 12.2. The Morgan fingerprint density at radius 1 is 1.00 bits per heavy atom. The number of anilines is 1. The number of hydrogen-bond acceptors (Lipinski definition) is 6. The van der Waals surface area contributed by atoms with Crippen LogP contribution in [0.4, 0.5) is 5.69 Å². The third kappa shape index (κ3) is 6.95. The second-order valence-electron chi connectivity index (χ2n) is 6.24. The number of amides is 1. The van der Waals surface area contributed by atoms with Gasteiger partial charge >= 0.3 is 5.97 Å². The van der Waals surface area contributed by atoms with Crippen molar-refractivity contribution in [2.24, 2.45) is 0 Å². The summed E-state index contributed by atoms with van der Waals surface area (Å²) in [5.74, 6) is -0.00521. The van der Waals surface area contributed by atoms with Crippen LogP contribution >= 0.6 is 0 Å². The summed E-state index contributed by atoms with van der Waals surface area (Å²) in [5.41, 5.74) is 0.943. The molecule has 0 aliphatic carbocycles. The standard InChI is InChI=1S/C22H25NO6/c1-4-27-19-10-5-6-11-20(19)28-13-12-21(25)29-16(3)22(26)23-18-9-7-8-17(14-18)15(2)24/h5-11,14,16H,4,12-13H2,1-3H3,(H,23,26)/t16-/m1/s1. The molecule has 7 heteroatoms. The minimum atomic E-state index is -0.987. The highest BCUT2D eigenvalue weighted by Crippen LogP contribution is 2.26. The van der Waals surface area contributed by atoms with E-state index in [0.717, 1.165) is 0 Å². The number of esters is 1. The number of ketones is 1. The van der Waals surface area contributed by atoms with E-state index in [1.54, 1.807) is 36.4 Å². The molecule has 29 heavy (non-hydrogen) atoms. The molecule has 7 nitrogen and oxygen atoms in total. The first-order chi connectivity index (χ1) is 13.9. The number of Topliss-reactive ketones (excluding diaryl/α,β-unsaturated/α-hetero) is 1. The van der Waals surface area contributed by atoms with Crippen LogP contribution in [0.15, 0.2) is 48.5 Å². The van der Waals surface area contributed by atoms with E-state index in [0.29, 0.717) is 29.4 Å². The maximum Gasteiger partial charge on any atom is 0.310 e. The van der Waals surface area contributed by atoms with Crippen molar-refractivity contribution in [3.8, 4) is 11.5 Å². The Morgan fingerprint density at radius 2 is 1.69 bits per heavy atom. The van der Waals surface area contributed by atoms with E-state index in [1.165, 1.54) is 13.8 Å². The fraction of sp³-hybridized carbons (Fsp3) is 0.318. The van der Waals surface area contributed by atoms with E-state index in [4.69, 9.17) is 14.2 Å².